The Bertz CT molecular complexity index is 1330. The van der Waals surface area contributed by atoms with E-state index < -0.39 is 0 Å². The second-order valence-electron chi connectivity index (χ2n) is 6.94. The molecule has 0 amide bonds. The summed E-state index contributed by atoms with van der Waals surface area (Å²) in [6.45, 7) is 7.93. The molecule has 1 aromatic carbocycles. The molecule has 144 valence electrons. The molecule has 4 rings (SSSR count). The van der Waals surface area contributed by atoms with Gasteiger partial charge in [-0.15, -0.1) is 23.1 Å². The summed E-state index contributed by atoms with van der Waals surface area (Å²) in [5.41, 5.74) is 4.25. The third kappa shape index (κ3) is 3.29. The summed E-state index contributed by atoms with van der Waals surface area (Å²) in [6.07, 6.45) is 0. The molecule has 0 saturated carbocycles. The van der Waals surface area contributed by atoms with E-state index in [0.717, 1.165) is 37.3 Å². The van der Waals surface area contributed by atoms with Gasteiger partial charge >= 0.3 is 5.63 Å². The molecule has 0 fully saturated rings. The lowest BCUT2D eigenvalue weighted by Crippen LogP contribution is -2.11. The topological polar surface area (TPSA) is 76.0 Å². The third-order valence-electron chi connectivity index (χ3n) is 5.10. The second-order valence-corrected chi connectivity index (χ2v) is 9.13. The third-order valence-corrected chi connectivity index (χ3v) is 7.20. The van der Waals surface area contributed by atoms with Crippen LogP contribution < -0.4 is 11.2 Å². The summed E-state index contributed by atoms with van der Waals surface area (Å²) in [5.74, 6) is 1.85. The Kier molecular flexibility index (Phi) is 4.89. The van der Waals surface area contributed by atoms with Gasteiger partial charge in [-0.05, 0) is 49.9 Å². The van der Waals surface area contributed by atoms with Crippen molar-refractivity contribution in [3.05, 3.63) is 71.9 Å². The molecule has 0 spiro atoms. The van der Waals surface area contributed by atoms with Gasteiger partial charge in [-0.1, -0.05) is 12.1 Å². The molecule has 0 aliphatic carbocycles. The first-order valence-electron chi connectivity index (χ1n) is 8.94. The number of rotatable bonds is 4. The molecule has 0 radical (unpaired) electrons. The second kappa shape index (κ2) is 7.22. The molecular weight excluding hydrogens is 392 g/mol. The number of nitrogens with zero attached hydrogens (tertiary/aromatic N) is 1. The van der Waals surface area contributed by atoms with Crippen molar-refractivity contribution >= 4 is 44.3 Å². The number of nitrogens with one attached hydrogen (secondary N) is 1. The fourth-order valence-corrected chi connectivity index (χ4v) is 5.21. The van der Waals surface area contributed by atoms with Crippen molar-refractivity contribution in [3.8, 4) is 0 Å². The number of aryl methyl sites for hydroxylation is 4. The Labute approximate surface area is 169 Å². The molecule has 0 aliphatic heterocycles. The largest absolute Gasteiger partial charge is 0.422 e. The first-order valence-corrected chi connectivity index (χ1v) is 10.9. The van der Waals surface area contributed by atoms with Crippen LogP contribution in [0.5, 0.6) is 0 Å². The number of hydrogen-bond donors (Lipinski definition) is 1. The Morgan fingerprint density at radius 3 is 2.68 bits per heavy atom. The lowest BCUT2D eigenvalue weighted by atomic mass is 10.0. The van der Waals surface area contributed by atoms with Crippen molar-refractivity contribution in [2.45, 2.75) is 39.2 Å². The van der Waals surface area contributed by atoms with Gasteiger partial charge in [0.25, 0.3) is 5.56 Å². The van der Waals surface area contributed by atoms with E-state index in [1.807, 2.05) is 39.8 Å². The molecule has 1 N–H and O–H groups in total. The van der Waals surface area contributed by atoms with Crippen LogP contribution in [-0.4, -0.2) is 9.97 Å². The molecule has 3 heterocycles. The van der Waals surface area contributed by atoms with Crippen LogP contribution in [0.2, 0.25) is 0 Å². The molecule has 28 heavy (non-hydrogen) atoms. The minimum absolute atomic E-state index is 0.0839. The summed E-state index contributed by atoms with van der Waals surface area (Å²) >= 11 is 3.16. The zero-order valence-electron chi connectivity index (χ0n) is 16.1. The lowest BCUT2D eigenvalue weighted by Gasteiger charge is -2.09. The SMILES string of the molecule is Cc1ccc2c(CSCc3nc4sc(C)c(C)c4c(=O)[nH]3)cc(=O)oc2c1C. The average molecular weight is 413 g/mol. The van der Waals surface area contributed by atoms with E-state index in [-0.39, 0.29) is 11.2 Å². The van der Waals surface area contributed by atoms with Gasteiger partial charge in [-0.2, -0.15) is 0 Å². The van der Waals surface area contributed by atoms with E-state index >= 15 is 0 Å². The van der Waals surface area contributed by atoms with E-state index in [4.69, 9.17) is 4.42 Å². The standard InChI is InChI=1S/C21H20N2O3S2/c1-10-5-6-15-14(7-17(24)26-19(15)11(10)2)8-27-9-16-22-20(25)18-12(3)13(4)28-21(18)23-16/h5-7H,8-9H2,1-4H3,(H,22,23,25). The summed E-state index contributed by atoms with van der Waals surface area (Å²) < 4.78 is 5.43. The molecule has 5 nitrogen and oxygen atoms in total. The highest BCUT2D eigenvalue weighted by Crippen LogP contribution is 2.28. The quantitative estimate of drug-likeness (QED) is 0.489. The number of aromatic nitrogens is 2. The molecule has 0 saturated heterocycles. The minimum Gasteiger partial charge on any atom is -0.422 e. The maximum Gasteiger partial charge on any atom is 0.336 e. The smallest absolute Gasteiger partial charge is 0.336 e. The molecular formula is C21H20N2O3S2. The van der Waals surface area contributed by atoms with Crippen LogP contribution in [-0.2, 0) is 11.5 Å². The normalized spacial score (nSPS) is 11.6. The van der Waals surface area contributed by atoms with Crippen molar-refractivity contribution in [2.24, 2.45) is 0 Å². The molecule has 0 unspecified atom stereocenters. The number of aromatic amines is 1. The van der Waals surface area contributed by atoms with E-state index in [1.54, 1.807) is 29.2 Å². The Morgan fingerprint density at radius 2 is 1.89 bits per heavy atom. The molecule has 0 bridgehead atoms. The van der Waals surface area contributed by atoms with Gasteiger partial charge in [0, 0.05) is 22.1 Å². The van der Waals surface area contributed by atoms with Gasteiger partial charge in [-0.3, -0.25) is 4.79 Å². The highest BCUT2D eigenvalue weighted by molar-refractivity contribution is 7.97. The maximum absolute atomic E-state index is 12.4. The van der Waals surface area contributed by atoms with Crippen LogP contribution in [0.25, 0.3) is 21.2 Å². The monoisotopic (exact) mass is 412 g/mol. The number of thioether (sulfide) groups is 1. The zero-order valence-corrected chi connectivity index (χ0v) is 17.8. The first kappa shape index (κ1) is 19.0. The highest BCUT2D eigenvalue weighted by Gasteiger charge is 2.13. The molecule has 3 aromatic heterocycles. The van der Waals surface area contributed by atoms with Gasteiger partial charge in [-0.25, -0.2) is 9.78 Å². The van der Waals surface area contributed by atoms with Gasteiger partial charge in [0.05, 0.1) is 11.1 Å². The minimum atomic E-state index is -0.339. The number of hydrogen-bond acceptors (Lipinski definition) is 6. The van der Waals surface area contributed by atoms with Crippen LogP contribution in [0, 0.1) is 27.7 Å². The predicted molar refractivity (Wildman–Crippen MR) is 117 cm³/mol. The fourth-order valence-electron chi connectivity index (χ4n) is 3.27. The summed E-state index contributed by atoms with van der Waals surface area (Å²) in [5, 5.41) is 1.64. The van der Waals surface area contributed by atoms with Crippen LogP contribution in [0.1, 0.15) is 33.0 Å². The predicted octanol–water partition coefficient (Wildman–Crippen LogP) is 4.76. The molecule has 0 atom stereocenters. The van der Waals surface area contributed by atoms with Crippen molar-refractivity contribution in [2.75, 3.05) is 0 Å². The van der Waals surface area contributed by atoms with Crippen molar-refractivity contribution in [1.82, 2.24) is 9.97 Å². The van der Waals surface area contributed by atoms with Crippen molar-refractivity contribution < 1.29 is 4.42 Å². The van der Waals surface area contributed by atoms with Crippen molar-refractivity contribution in [1.29, 1.82) is 0 Å². The Morgan fingerprint density at radius 1 is 1.11 bits per heavy atom. The van der Waals surface area contributed by atoms with Crippen LogP contribution in [0.15, 0.2) is 32.2 Å². The average Bonchev–Trinajstić information content (AvgIpc) is 2.93. The van der Waals surface area contributed by atoms with E-state index in [9.17, 15) is 9.59 Å². The summed E-state index contributed by atoms with van der Waals surface area (Å²) in [4.78, 5) is 33.8. The van der Waals surface area contributed by atoms with Crippen LogP contribution >= 0.6 is 23.1 Å². The van der Waals surface area contributed by atoms with Gasteiger partial charge < -0.3 is 9.40 Å². The zero-order chi connectivity index (χ0) is 20.0. The van der Waals surface area contributed by atoms with Gasteiger partial charge in [0.2, 0.25) is 0 Å². The summed E-state index contributed by atoms with van der Waals surface area (Å²) in [7, 11) is 0. The van der Waals surface area contributed by atoms with Crippen LogP contribution in [0.3, 0.4) is 0 Å². The maximum atomic E-state index is 12.4. The number of thiophene rings is 1. The van der Waals surface area contributed by atoms with E-state index in [0.29, 0.717) is 28.3 Å². The lowest BCUT2D eigenvalue weighted by molar-refractivity contribution is 0.557. The summed E-state index contributed by atoms with van der Waals surface area (Å²) in [6, 6.07) is 5.59. The van der Waals surface area contributed by atoms with Gasteiger partial charge in [0.15, 0.2) is 0 Å². The van der Waals surface area contributed by atoms with E-state index in [1.165, 1.54) is 0 Å². The number of H-pyrrole nitrogens is 1. The number of fused-ring (bicyclic) bond motifs is 2. The number of benzene rings is 1. The molecule has 0 aliphatic rings. The highest BCUT2D eigenvalue weighted by atomic mass is 32.2. The molecule has 4 aromatic rings. The Hall–Kier alpha value is -2.38. The van der Waals surface area contributed by atoms with Crippen LogP contribution in [0.4, 0.5) is 0 Å². The van der Waals surface area contributed by atoms with E-state index in [2.05, 4.69) is 9.97 Å². The van der Waals surface area contributed by atoms with Gasteiger partial charge in [0.1, 0.15) is 16.2 Å². The fraction of sp³-hybridized carbons (Fsp3) is 0.286. The first-order chi connectivity index (χ1) is 13.3. The molecule has 7 heteroatoms. The van der Waals surface area contributed by atoms with Crippen molar-refractivity contribution in [3.63, 3.8) is 0 Å². The Balaban J connectivity index is 1.61.